The van der Waals surface area contributed by atoms with Gasteiger partial charge >= 0.3 is 0 Å². The Morgan fingerprint density at radius 1 is 1.20 bits per heavy atom. The molecule has 0 fully saturated rings. The number of carbonyl (C=O) groups excluding carboxylic acids is 1. The van der Waals surface area contributed by atoms with Gasteiger partial charge < -0.3 is 14.6 Å². The highest BCUT2D eigenvalue weighted by molar-refractivity contribution is 7.07. The van der Waals surface area contributed by atoms with Crippen LogP contribution in [0, 0.1) is 13.8 Å². The predicted octanol–water partition coefficient (Wildman–Crippen LogP) is 4.74. The molecule has 1 unspecified atom stereocenters. The molecule has 7 heteroatoms. The van der Waals surface area contributed by atoms with Gasteiger partial charge in [0, 0.05) is 12.1 Å². The molecule has 6 nitrogen and oxygen atoms in total. The maximum absolute atomic E-state index is 12.7. The predicted molar refractivity (Wildman–Crippen MR) is 119 cm³/mol. The zero-order valence-corrected chi connectivity index (χ0v) is 18.8. The van der Waals surface area contributed by atoms with Crippen molar-refractivity contribution in [2.75, 3.05) is 19.6 Å². The van der Waals surface area contributed by atoms with Crippen LogP contribution in [0.2, 0.25) is 0 Å². The average Bonchev–Trinajstić information content (AvgIpc) is 3.40. The first-order valence-corrected chi connectivity index (χ1v) is 11.2. The van der Waals surface area contributed by atoms with Crippen molar-refractivity contribution in [3.63, 3.8) is 0 Å². The number of ether oxygens (including phenoxy) is 1. The van der Waals surface area contributed by atoms with E-state index in [1.807, 2.05) is 26.0 Å². The number of hydrogen-bond donors (Lipinski definition) is 1. The normalized spacial score (nSPS) is 12.2. The number of nitrogens with one attached hydrogen (secondary N) is 1. The molecule has 2 aromatic heterocycles. The van der Waals surface area contributed by atoms with E-state index in [2.05, 4.69) is 46.0 Å². The van der Waals surface area contributed by atoms with E-state index < -0.39 is 0 Å². The molecule has 1 atom stereocenters. The SMILES string of the molecule is CCN(CC)C(CNC(=O)c1ccc(OCc2c(C)noc2C)cc1)c1ccsc1. The van der Waals surface area contributed by atoms with Crippen LogP contribution in [0.25, 0.3) is 0 Å². The minimum atomic E-state index is -0.0836. The van der Waals surface area contributed by atoms with Crippen molar-refractivity contribution in [3.8, 4) is 5.75 Å². The van der Waals surface area contributed by atoms with Gasteiger partial charge in [0.15, 0.2) is 0 Å². The third-order valence-corrected chi connectivity index (χ3v) is 6.02. The number of thiophene rings is 1. The lowest BCUT2D eigenvalue weighted by Crippen LogP contribution is -2.37. The zero-order chi connectivity index (χ0) is 21.5. The number of aromatic nitrogens is 1. The highest BCUT2D eigenvalue weighted by Gasteiger charge is 2.19. The highest BCUT2D eigenvalue weighted by atomic mass is 32.1. The molecule has 30 heavy (non-hydrogen) atoms. The van der Waals surface area contributed by atoms with Gasteiger partial charge in [0.1, 0.15) is 18.1 Å². The highest BCUT2D eigenvalue weighted by Crippen LogP contribution is 2.23. The van der Waals surface area contributed by atoms with E-state index in [9.17, 15) is 4.79 Å². The van der Waals surface area contributed by atoms with Crippen LogP contribution < -0.4 is 10.1 Å². The minimum Gasteiger partial charge on any atom is -0.489 e. The van der Waals surface area contributed by atoms with Crippen LogP contribution >= 0.6 is 11.3 Å². The summed E-state index contributed by atoms with van der Waals surface area (Å²) >= 11 is 1.68. The van der Waals surface area contributed by atoms with E-state index in [1.165, 1.54) is 5.56 Å². The minimum absolute atomic E-state index is 0.0836. The molecule has 0 saturated carbocycles. The van der Waals surface area contributed by atoms with Crippen LogP contribution in [0.3, 0.4) is 0 Å². The molecular weight excluding hydrogens is 398 g/mol. The molecule has 0 aliphatic rings. The molecule has 0 aliphatic heterocycles. The third-order valence-electron chi connectivity index (χ3n) is 5.32. The second-order valence-electron chi connectivity index (χ2n) is 7.12. The number of amides is 1. The number of carbonyl (C=O) groups is 1. The Morgan fingerprint density at radius 3 is 2.50 bits per heavy atom. The van der Waals surface area contributed by atoms with Gasteiger partial charge in [0.05, 0.1) is 17.3 Å². The molecule has 3 rings (SSSR count). The smallest absolute Gasteiger partial charge is 0.251 e. The van der Waals surface area contributed by atoms with Crippen molar-refractivity contribution >= 4 is 17.2 Å². The van der Waals surface area contributed by atoms with Crippen molar-refractivity contribution in [1.29, 1.82) is 0 Å². The van der Waals surface area contributed by atoms with Crippen LogP contribution in [-0.4, -0.2) is 35.6 Å². The molecule has 3 aromatic rings. The molecule has 160 valence electrons. The van der Waals surface area contributed by atoms with E-state index in [4.69, 9.17) is 9.26 Å². The lowest BCUT2D eigenvalue weighted by Gasteiger charge is -2.29. The van der Waals surface area contributed by atoms with E-state index in [0.717, 1.165) is 30.1 Å². The summed E-state index contributed by atoms with van der Waals surface area (Å²) in [6.45, 7) is 10.9. The summed E-state index contributed by atoms with van der Waals surface area (Å²) in [5.41, 5.74) is 3.64. The fourth-order valence-electron chi connectivity index (χ4n) is 3.44. The summed E-state index contributed by atoms with van der Waals surface area (Å²) in [6, 6.07) is 9.50. The second kappa shape index (κ2) is 10.4. The van der Waals surface area contributed by atoms with Gasteiger partial charge in [-0.2, -0.15) is 11.3 Å². The van der Waals surface area contributed by atoms with E-state index in [1.54, 1.807) is 23.5 Å². The molecule has 2 heterocycles. The summed E-state index contributed by atoms with van der Waals surface area (Å²) in [6.07, 6.45) is 0. The first-order chi connectivity index (χ1) is 14.5. The molecule has 0 saturated heterocycles. The van der Waals surface area contributed by atoms with Gasteiger partial charge in [-0.05, 0) is 73.6 Å². The van der Waals surface area contributed by atoms with Crippen LogP contribution in [0.5, 0.6) is 5.75 Å². The molecule has 0 radical (unpaired) electrons. The topological polar surface area (TPSA) is 67.6 Å². The summed E-state index contributed by atoms with van der Waals surface area (Å²) in [5.74, 6) is 1.38. The van der Waals surface area contributed by atoms with Gasteiger partial charge in [-0.1, -0.05) is 19.0 Å². The largest absolute Gasteiger partial charge is 0.489 e. The summed E-state index contributed by atoms with van der Waals surface area (Å²) in [5, 5.41) is 11.3. The second-order valence-corrected chi connectivity index (χ2v) is 7.90. The molecule has 1 N–H and O–H groups in total. The van der Waals surface area contributed by atoms with E-state index in [-0.39, 0.29) is 11.9 Å². The first kappa shape index (κ1) is 22.1. The van der Waals surface area contributed by atoms with Crippen molar-refractivity contribution in [2.24, 2.45) is 0 Å². The molecular formula is C23H29N3O3S. The van der Waals surface area contributed by atoms with Crippen LogP contribution in [0.15, 0.2) is 45.6 Å². The Labute approximate surface area is 181 Å². The third kappa shape index (κ3) is 5.29. The lowest BCUT2D eigenvalue weighted by molar-refractivity contribution is 0.0935. The molecule has 1 amide bonds. The first-order valence-electron chi connectivity index (χ1n) is 10.2. The average molecular weight is 428 g/mol. The van der Waals surface area contributed by atoms with Gasteiger partial charge in [0.2, 0.25) is 0 Å². The van der Waals surface area contributed by atoms with Gasteiger partial charge in [-0.15, -0.1) is 0 Å². The van der Waals surface area contributed by atoms with Crippen LogP contribution in [-0.2, 0) is 6.61 Å². The monoisotopic (exact) mass is 427 g/mol. The number of aryl methyl sites for hydroxylation is 2. The Balaban J connectivity index is 1.58. The number of rotatable bonds is 10. The quantitative estimate of drug-likeness (QED) is 0.506. The van der Waals surface area contributed by atoms with Gasteiger partial charge in [-0.3, -0.25) is 9.69 Å². The summed E-state index contributed by atoms with van der Waals surface area (Å²) < 4.78 is 11.0. The zero-order valence-electron chi connectivity index (χ0n) is 18.0. The summed E-state index contributed by atoms with van der Waals surface area (Å²) in [4.78, 5) is 15.0. The van der Waals surface area contributed by atoms with E-state index in [0.29, 0.717) is 24.5 Å². The van der Waals surface area contributed by atoms with Crippen molar-refractivity contribution in [3.05, 3.63) is 69.2 Å². The Kier molecular flexibility index (Phi) is 7.65. The Hall–Kier alpha value is -2.64. The maximum atomic E-state index is 12.7. The molecule has 1 aromatic carbocycles. The Bertz CT molecular complexity index is 912. The maximum Gasteiger partial charge on any atom is 0.251 e. The van der Waals surface area contributed by atoms with Crippen molar-refractivity contribution in [1.82, 2.24) is 15.4 Å². The fraction of sp³-hybridized carbons (Fsp3) is 0.391. The summed E-state index contributed by atoms with van der Waals surface area (Å²) in [7, 11) is 0. The van der Waals surface area contributed by atoms with E-state index >= 15 is 0 Å². The number of hydrogen-bond acceptors (Lipinski definition) is 6. The lowest BCUT2D eigenvalue weighted by atomic mass is 10.1. The van der Waals surface area contributed by atoms with Crippen molar-refractivity contribution < 1.29 is 14.1 Å². The van der Waals surface area contributed by atoms with Gasteiger partial charge in [0.25, 0.3) is 5.91 Å². The van der Waals surface area contributed by atoms with Crippen LogP contribution in [0.1, 0.15) is 52.8 Å². The molecule has 0 aliphatic carbocycles. The number of likely N-dealkylation sites (N-methyl/N-ethyl adjacent to an activating group) is 1. The molecule has 0 bridgehead atoms. The number of benzene rings is 1. The van der Waals surface area contributed by atoms with Crippen molar-refractivity contribution in [2.45, 2.75) is 40.3 Å². The fourth-order valence-corrected chi connectivity index (χ4v) is 4.15. The Morgan fingerprint density at radius 2 is 1.93 bits per heavy atom. The standard InChI is InChI=1S/C23H29N3O3S/c1-5-26(6-2)22(19-11-12-30-15-19)13-24-23(27)18-7-9-20(10-8-18)28-14-21-16(3)25-29-17(21)4/h7-12,15,22H,5-6,13-14H2,1-4H3,(H,24,27). The van der Waals surface area contributed by atoms with Crippen LogP contribution in [0.4, 0.5) is 0 Å². The molecule has 0 spiro atoms. The van der Waals surface area contributed by atoms with Gasteiger partial charge in [-0.25, -0.2) is 0 Å². The number of nitrogens with zero attached hydrogens (tertiary/aromatic N) is 2.